The minimum atomic E-state index is -3.73. The van der Waals surface area contributed by atoms with E-state index in [-0.39, 0.29) is 28.4 Å². The molecule has 2 N–H and O–H groups in total. The number of nitrogens with zero attached hydrogens (tertiary/aromatic N) is 2. The number of nitrogens with two attached hydrogens (primary N) is 1. The highest BCUT2D eigenvalue weighted by molar-refractivity contribution is 7.88. The molecule has 0 saturated carbocycles. The summed E-state index contributed by atoms with van der Waals surface area (Å²) in [5, 5.41) is -0.220. The standard InChI is InChI=1S/C19H25N3O4S/c1-13-16(9-18(26-13)27(24,25)21(2)3)19(23)22-11-15(10-20)17(12-22)14-7-5-4-6-8-14/h4-9,15,17H,10-12,20H2,1-3H3/t15-,17+/m1/s1. The number of furan rings is 1. The average Bonchev–Trinajstić information content (AvgIpc) is 3.26. The predicted octanol–water partition coefficient (Wildman–Crippen LogP) is 1.65. The van der Waals surface area contributed by atoms with E-state index in [0.717, 1.165) is 9.87 Å². The molecule has 0 unspecified atom stereocenters. The van der Waals surface area contributed by atoms with Crippen molar-refractivity contribution in [3.63, 3.8) is 0 Å². The van der Waals surface area contributed by atoms with Crippen molar-refractivity contribution in [2.24, 2.45) is 11.7 Å². The van der Waals surface area contributed by atoms with Crippen LogP contribution in [0.4, 0.5) is 0 Å². The second kappa shape index (κ2) is 7.46. The Balaban J connectivity index is 1.86. The van der Waals surface area contributed by atoms with Crippen LogP contribution in [0.15, 0.2) is 45.9 Å². The normalized spacial score (nSPS) is 20.4. The van der Waals surface area contributed by atoms with Crippen molar-refractivity contribution in [2.75, 3.05) is 33.7 Å². The van der Waals surface area contributed by atoms with E-state index < -0.39 is 10.0 Å². The van der Waals surface area contributed by atoms with Gasteiger partial charge in [-0.3, -0.25) is 4.79 Å². The highest BCUT2D eigenvalue weighted by Crippen LogP contribution is 2.33. The monoisotopic (exact) mass is 391 g/mol. The maximum Gasteiger partial charge on any atom is 0.275 e. The Morgan fingerprint density at radius 2 is 1.93 bits per heavy atom. The van der Waals surface area contributed by atoms with E-state index in [9.17, 15) is 13.2 Å². The number of sulfonamides is 1. The first-order valence-corrected chi connectivity index (χ1v) is 10.3. The first-order chi connectivity index (χ1) is 12.8. The number of hydrogen-bond donors (Lipinski definition) is 1. The number of aryl methyl sites for hydroxylation is 1. The highest BCUT2D eigenvalue weighted by Gasteiger charge is 2.37. The lowest BCUT2D eigenvalue weighted by Crippen LogP contribution is -2.30. The Morgan fingerprint density at radius 1 is 1.26 bits per heavy atom. The van der Waals surface area contributed by atoms with Gasteiger partial charge in [-0.2, -0.15) is 0 Å². The van der Waals surface area contributed by atoms with Crippen LogP contribution >= 0.6 is 0 Å². The Labute approximate surface area is 159 Å². The fraction of sp³-hybridized carbons (Fsp3) is 0.421. The first-order valence-electron chi connectivity index (χ1n) is 8.83. The minimum absolute atomic E-state index is 0.161. The van der Waals surface area contributed by atoms with Gasteiger partial charge in [0, 0.05) is 39.2 Å². The van der Waals surface area contributed by atoms with Gasteiger partial charge in [-0.1, -0.05) is 30.3 Å². The van der Waals surface area contributed by atoms with Crippen LogP contribution in [0.2, 0.25) is 0 Å². The van der Waals surface area contributed by atoms with Crippen LogP contribution in [-0.2, 0) is 10.0 Å². The third-order valence-electron chi connectivity index (χ3n) is 5.12. The molecule has 1 saturated heterocycles. The van der Waals surface area contributed by atoms with Crippen molar-refractivity contribution in [1.82, 2.24) is 9.21 Å². The van der Waals surface area contributed by atoms with Crippen LogP contribution in [0.1, 0.15) is 27.6 Å². The number of rotatable bonds is 5. The molecule has 0 spiro atoms. The van der Waals surface area contributed by atoms with Crippen molar-refractivity contribution in [1.29, 1.82) is 0 Å². The summed E-state index contributed by atoms with van der Waals surface area (Å²) < 4.78 is 31.0. The van der Waals surface area contributed by atoms with E-state index in [1.54, 1.807) is 11.8 Å². The van der Waals surface area contributed by atoms with Crippen LogP contribution in [-0.4, -0.2) is 57.3 Å². The van der Waals surface area contributed by atoms with Crippen LogP contribution in [0.5, 0.6) is 0 Å². The predicted molar refractivity (Wildman–Crippen MR) is 102 cm³/mol. The fourth-order valence-electron chi connectivity index (χ4n) is 3.50. The zero-order valence-electron chi connectivity index (χ0n) is 15.8. The van der Waals surface area contributed by atoms with Gasteiger partial charge in [0.05, 0.1) is 5.56 Å². The average molecular weight is 391 g/mol. The topological polar surface area (TPSA) is 96.8 Å². The van der Waals surface area contributed by atoms with E-state index >= 15 is 0 Å². The summed E-state index contributed by atoms with van der Waals surface area (Å²) in [4.78, 5) is 14.8. The van der Waals surface area contributed by atoms with Crippen molar-refractivity contribution in [3.05, 3.63) is 53.3 Å². The van der Waals surface area contributed by atoms with Gasteiger partial charge in [-0.05, 0) is 24.9 Å². The number of benzene rings is 1. The zero-order chi connectivity index (χ0) is 19.8. The quantitative estimate of drug-likeness (QED) is 0.836. The van der Waals surface area contributed by atoms with Crippen molar-refractivity contribution in [3.8, 4) is 0 Å². The molecule has 1 aromatic heterocycles. The molecule has 27 heavy (non-hydrogen) atoms. The van der Waals surface area contributed by atoms with Gasteiger partial charge in [0.1, 0.15) is 5.76 Å². The van der Waals surface area contributed by atoms with Crippen LogP contribution in [0.25, 0.3) is 0 Å². The second-order valence-electron chi connectivity index (χ2n) is 7.05. The molecule has 8 heteroatoms. The summed E-state index contributed by atoms with van der Waals surface area (Å²) in [6, 6.07) is 11.3. The van der Waals surface area contributed by atoms with Crippen molar-refractivity contribution < 1.29 is 17.6 Å². The van der Waals surface area contributed by atoms with Crippen molar-refractivity contribution >= 4 is 15.9 Å². The molecule has 0 radical (unpaired) electrons. The number of likely N-dealkylation sites (tertiary alicyclic amines) is 1. The van der Waals surface area contributed by atoms with Gasteiger partial charge in [-0.15, -0.1) is 0 Å². The maximum absolute atomic E-state index is 13.0. The van der Waals surface area contributed by atoms with E-state index in [1.165, 1.54) is 20.2 Å². The third kappa shape index (κ3) is 3.65. The van der Waals surface area contributed by atoms with E-state index in [4.69, 9.17) is 10.2 Å². The van der Waals surface area contributed by atoms with Crippen LogP contribution in [0.3, 0.4) is 0 Å². The number of amides is 1. The van der Waals surface area contributed by atoms with E-state index in [0.29, 0.717) is 25.4 Å². The van der Waals surface area contributed by atoms with Gasteiger partial charge in [0.25, 0.3) is 15.9 Å². The SMILES string of the molecule is Cc1oc(S(=O)(=O)N(C)C)cc1C(=O)N1C[C@@H](CN)[C@H](c2ccccc2)C1. The van der Waals surface area contributed by atoms with Crippen LogP contribution in [0, 0.1) is 12.8 Å². The zero-order valence-corrected chi connectivity index (χ0v) is 16.6. The molecule has 1 amide bonds. The Hall–Kier alpha value is -2.16. The van der Waals surface area contributed by atoms with Crippen LogP contribution < -0.4 is 5.73 Å². The minimum Gasteiger partial charge on any atom is -0.448 e. The number of carbonyl (C=O) groups is 1. The largest absolute Gasteiger partial charge is 0.448 e. The Kier molecular flexibility index (Phi) is 5.41. The summed E-state index contributed by atoms with van der Waals surface area (Å²) in [6.45, 7) is 3.17. The highest BCUT2D eigenvalue weighted by atomic mass is 32.2. The molecule has 0 bridgehead atoms. The van der Waals surface area contributed by atoms with Gasteiger partial charge >= 0.3 is 0 Å². The van der Waals surface area contributed by atoms with Gasteiger partial charge < -0.3 is 15.1 Å². The van der Waals surface area contributed by atoms with E-state index in [2.05, 4.69) is 0 Å². The lowest BCUT2D eigenvalue weighted by atomic mass is 9.89. The summed E-state index contributed by atoms with van der Waals surface area (Å²) in [5.41, 5.74) is 7.38. The molecule has 1 fully saturated rings. The Morgan fingerprint density at radius 3 is 2.52 bits per heavy atom. The number of carbonyl (C=O) groups excluding carboxylic acids is 1. The molecule has 0 aliphatic carbocycles. The van der Waals surface area contributed by atoms with Crippen molar-refractivity contribution in [2.45, 2.75) is 17.9 Å². The molecule has 2 aromatic rings. The second-order valence-corrected chi connectivity index (χ2v) is 9.13. The number of hydrogen-bond acceptors (Lipinski definition) is 5. The fourth-order valence-corrected chi connectivity index (χ4v) is 4.36. The lowest BCUT2D eigenvalue weighted by Gasteiger charge is -2.16. The summed E-state index contributed by atoms with van der Waals surface area (Å²) in [5.74, 6) is 0.395. The molecule has 1 aromatic carbocycles. The smallest absolute Gasteiger partial charge is 0.275 e. The lowest BCUT2D eigenvalue weighted by molar-refractivity contribution is 0.0784. The Bertz CT molecular complexity index is 922. The molecule has 2 heterocycles. The van der Waals surface area contributed by atoms with Gasteiger partial charge in [0.15, 0.2) is 0 Å². The summed E-state index contributed by atoms with van der Waals surface area (Å²) in [6.07, 6.45) is 0. The molecule has 1 aliphatic rings. The molecule has 146 valence electrons. The van der Waals surface area contributed by atoms with E-state index in [1.807, 2.05) is 30.3 Å². The molecule has 3 rings (SSSR count). The van der Waals surface area contributed by atoms with Gasteiger partial charge in [-0.25, -0.2) is 12.7 Å². The maximum atomic E-state index is 13.0. The molecule has 7 nitrogen and oxygen atoms in total. The van der Waals surface area contributed by atoms with Gasteiger partial charge in [0.2, 0.25) is 5.09 Å². The molecule has 2 atom stereocenters. The summed E-state index contributed by atoms with van der Waals surface area (Å²) in [7, 11) is -0.885. The third-order valence-corrected chi connectivity index (χ3v) is 6.79. The first kappa shape index (κ1) is 19.6. The molecular weight excluding hydrogens is 366 g/mol. The molecule has 1 aliphatic heterocycles. The molecular formula is C19H25N3O4S. The summed E-state index contributed by atoms with van der Waals surface area (Å²) >= 11 is 0.